The summed E-state index contributed by atoms with van der Waals surface area (Å²) in [7, 11) is 0.527. The Kier molecular flexibility index (Phi) is 6.35. The number of methoxy groups -OCH3 is 1. The van der Waals surface area contributed by atoms with E-state index in [1.165, 1.54) is 11.3 Å². The molecule has 5 nitrogen and oxygen atoms in total. The van der Waals surface area contributed by atoms with Crippen LogP contribution >= 0.6 is 11.3 Å². The fraction of sp³-hybridized carbons (Fsp3) is 0.400. The number of ether oxygens (including phenoxy) is 2. The van der Waals surface area contributed by atoms with Gasteiger partial charge in [-0.25, -0.2) is 4.98 Å². The van der Waals surface area contributed by atoms with Gasteiger partial charge in [0.25, 0.3) is 0 Å². The van der Waals surface area contributed by atoms with E-state index in [-0.39, 0.29) is 12.4 Å². The number of aliphatic hydroxyl groups is 1. The molecule has 22 heavy (non-hydrogen) atoms. The van der Waals surface area contributed by atoms with Gasteiger partial charge in [0, 0.05) is 27.5 Å². The van der Waals surface area contributed by atoms with E-state index in [9.17, 15) is 4.21 Å². The van der Waals surface area contributed by atoms with Crippen LogP contribution in [0.25, 0.3) is 10.6 Å². The monoisotopic (exact) mass is 341 g/mol. The first-order valence-electron chi connectivity index (χ1n) is 6.89. The summed E-state index contributed by atoms with van der Waals surface area (Å²) in [4.78, 5) is 4.50. The van der Waals surface area contributed by atoms with E-state index in [1.807, 2.05) is 30.5 Å². The van der Waals surface area contributed by atoms with Gasteiger partial charge in [-0.2, -0.15) is 0 Å². The minimum Gasteiger partial charge on any atom is -0.493 e. The molecule has 2 rings (SSSR count). The predicted molar refractivity (Wildman–Crippen MR) is 89.1 cm³/mol. The van der Waals surface area contributed by atoms with Gasteiger partial charge in [-0.1, -0.05) is 0 Å². The van der Waals surface area contributed by atoms with E-state index in [4.69, 9.17) is 14.6 Å². The molecule has 0 aliphatic rings. The summed E-state index contributed by atoms with van der Waals surface area (Å²) in [6.07, 6.45) is 0. The largest absolute Gasteiger partial charge is 0.493 e. The van der Waals surface area contributed by atoms with Crippen LogP contribution < -0.4 is 9.47 Å². The SMILES string of the molecule is CCOc1ccc(-c2nc(CS(=O)CCO)cs2)cc1OC. The fourth-order valence-corrected chi connectivity index (χ4v) is 3.67. The van der Waals surface area contributed by atoms with Crippen LogP contribution in [-0.4, -0.2) is 40.4 Å². The Morgan fingerprint density at radius 3 is 2.86 bits per heavy atom. The van der Waals surface area contributed by atoms with Gasteiger partial charge >= 0.3 is 0 Å². The maximum Gasteiger partial charge on any atom is 0.161 e. The molecule has 1 aromatic carbocycles. The topological polar surface area (TPSA) is 68.7 Å². The Morgan fingerprint density at radius 1 is 1.36 bits per heavy atom. The zero-order chi connectivity index (χ0) is 15.9. The number of aromatic nitrogens is 1. The highest BCUT2D eigenvalue weighted by molar-refractivity contribution is 7.84. The van der Waals surface area contributed by atoms with Crippen molar-refractivity contribution in [3.63, 3.8) is 0 Å². The highest BCUT2D eigenvalue weighted by Crippen LogP contribution is 2.33. The quantitative estimate of drug-likeness (QED) is 0.799. The van der Waals surface area contributed by atoms with Gasteiger partial charge < -0.3 is 14.6 Å². The van der Waals surface area contributed by atoms with Crippen LogP contribution in [0.1, 0.15) is 12.6 Å². The Balaban J connectivity index is 2.18. The predicted octanol–water partition coefficient (Wildman–Crippen LogP) is 2.46. The van der Waals surface area contributed by atoms with Crippen molar-refractivity contribution < 1.29 is 18.8 Å². The molecule has 0 fully saturated rings. The van der Waals surface area contributed by atoms with Crippen LogP contribution in [0.3, 0.4) is 0 Å². The van der Waals surface area contributed by atoms with Crippen LogP contribution in [-0.2, 0) is 16.6 Å². The lowest BCUT2D eigenvalue weighted by Crippen LogP contribution is -2.04. The lowest BCUT2D eigenvalue weighted by molar-refractivity contribution is 0.311. The normalized spacial score (nSPS) is 12.1. The molecule has 0 saturated heterocycles. The molecule has 0 bridgehead atoms. The molecule has 0 amide bonds. The Labute approximate surface area is 136 Å². The summed E-state index contributed by atoms with van der Waals surface area (Å²) in [6, 6.07) is 5.68. The number of aliphatic hydroxyl groups excluding tert-OH is 1. The molecule has 1 aromatic heterocycles. The molecule has 0 spiro atoms. The van der Waals surface area contributed by atoms with Crippen molar-refractivity contribution in [1.29, 1.82) is 0 Å². The Bertz CT molecular complexity index is 642. The zero-order valence-corrected chi connectivity index (χ0v) is 14.2. The first-order chi connectivity index (χ1) is 10.7. The van der Waals surface area contributed by atoms with Gasteiger partial charge in [0.1, 0.15) is 5.01 Å². The molecule has 0 aliphatic carbocycles. The molecule has 1 atom stereocenters. The Hall–Kier alpha value is -1.44. The van der Waals surface area contributed by atoms with Gasteiger partial charge in [0.05, 0.1) is 31.8 Å². The van der Waals surface area contributed by atoms with Crippen LogP contribution in [0, 0.1) is 0 Å². The van der Waals surface area contributed by atoms with Crippen LogP contribution in [0.4, 0.5) is 0 Å². The van der Waals surface area contributed by atoms with E-state index in [2.05, 4.69) is 4.98 Å². The van der Waals surface area contributed by atoms with Crippen molar-refractivity contribution in [3.8, 4) is 22.1 Å². The lowest BCUT2D eigenvalue weighted by atomic mass is 10.2. The Morgan fingerprint density at radius 2 is 2.18 bits per heavy atom. The summed E-state index contributed by atoms with van der Waals surface area (Å²) in [5.74, 6) is 2.02. The van der Waals surface area contributed by atoms with Crippen molar-refractivity contribution in [3.05, 3.63) is 29.3 Å². The maximum absolute atomic E-state index is 11.7. The number of thiazole rings is 1. The third kappa shape index (κ3) is 4.28. The zero-order valence-electron chi connectivity index (χ0n) is 12.6. The molecule has 2 aromatic rings. The number of rotatable bonds is 8. The van der Waals surface area contributed by atoms with Gasteiger partial charge in [0.2, 0.25) is 0 Å². The molecular weight excluding hydrogens is 322 g/mol. The van der Waals surface area contributed by atoms with Crippen molar-refractivity contribution in [2.75, 3.05) is 26.1 Å². The lowest BCUT2D eigenvalue weighted by Gasteiger charge is -2.09. The van der Waals surface area contributed by atoms with Crippen LogP contribution in [0.5, 0.6) is 11.5 Å². The summed E-state index contributed by atoms with van der Waals surface area (Å²) >= 11 is 1.50. The number of benzene rings is 1. The number of hydrogen-bond donors (Lipinski definition) is 1. The van der Waals surface area contributed by atoms with E-state index < -0.39 is 10.8 Å². The average Bonchev–Trinajstić information content (AvgIpc) is 2.96. The molecule has 1 heterocycles. The maximum atomic E-state index is 11.7. The number of hydrogen-bond acceptors (Lipinski definition) is 6. The van der Waals surface area contributed by atoms with Gasteiger partial charge in [-0.3, -0.25) is 4.21 Å². The van der Waals surface area contributed by atoms with E-state index in [0.717, 1.165) is 16.3 Å². The fourth-order valence-electron chi connectivity index (χ4n) is 1.92. The minimum absolute atomic E-state index is 0.0697. The smallest absolute Gasteiger partial charge is 0.161 e. The van der Waals surface area contributed by atoms with E-state index in [1.54, 1.807) is 7.11 Å². The second-order valence-electron chi connectivity index (χ2n) is 4.45. The molecule has 1 N–H and O–H groups in total. The van der Waals surface area contributed by atoms with Gasteiger partial charge in [-0.15, -0.1) is 11.3 Å². The van der Waals surface area contributed by atoms with Crippen LogP contribution in [0.2, 0.25) is 0 Å². The van der Waals surface area contributed by atoms with Crippen molar-refractivity contribution in [2.45, 2.75) is 12.7 Å². The van der Waals surface area contributed by atoms with Crippen molar-refractivity contribution in [1.82, 2.24) is 4.98 Å². The average molecular weight is 341 g/mol. The third-order valence-electron chi connectivity index (χ3n) is 2.89. The number of nitrogens with zero attached hydrogens (tertiary/aromatic N) is 1. The summed E-state index contributed by atoms with van der Waals surface area (Å²) in [5.41, 5.74) is 1.71. The highest BCUT2D eigenvalue weighted by atomic mass is 32.2. The van der Waals surface area contributed by atoms with E-state index in [0.29, 0.717) is 23.9 Å². The first-order valence-corrected chi connectivity index (χ1v) is 9.26. The van der Waals surface area contributed by atoms with Crippen molar-refractivity contribution >= 4 is 22.1 Å². The molecule has 0 aliphatic heterocycles. The summed E-state index contributed by atoms with van der Waals surface area (Å²) in [5, 5.41) is 11.5. The minimum atomic E-state index is -1.08. The molecule has 120 valence electrons. The van der Waals surface area contributed by atoms with Crippen LogP contribution in [0.15, 0.2) is 23.6 Å². The molecular formula is C15H19NO4S2. The summed E-state index contributed by atoms with van der Waals surface area (Å²) in [6.45, 7) is 2.43. The highest BCUT2D eigenvalue weighted by Gasteiger charge is 2.11. The molecule has 1 unspecified atom stereocenters. The second kappa shape index (κ2) is 8.26. The van der Waals surface area contributed by atoms with E-state index >= 15 is 0 Å². The third-order valence-corrected chi connectivity index (χ3v) is 5.09. The van der Waals surface area contributed by atoms with Gasteiger partial charge in [0.15, 0.2) is 11.5 Å². The molecule has 7 heteroatoms. The first kappa shape index (κ1) is 16.9. The van der Waals surface area contributed by atoms with Crippen molar-refractivity contribution in [2.24, 2.45) is 0 Å². The molecule has 0 saturated carbocycles. The van der Waals surface area contributed by atoms with Gasteiger partial charge in [-0.05, 0) is 25.1 Å². The molecule has 0 radical (unpaired) electrons. The second-order valence-corrected chi connectivity index (χ2v) is 6.89. The standard InChI is InChI=1S/C15H19NO4S2/c1-3-20-13-5-4-11(8-14(13)19-2)15-16-12(9-21-15)10-22(18)7-6-17/h4-5,8-9,17H,3,6-7,10H2,1-2H3. The summed E-state index contributed by atoms with van der Waals surface area (Å²) < 4.78 is 22.5.